The molecule has 0 spiro atoms. The van der Waals surface area contributed by atoms with Gasteiger partial charge in [-0.05, 0) is 37.5 Å². The number of amides is 6. The van der Waals surface area contributed by atoms with Crippen LogP contribution >= 0.6 is 0 Å². The van der Waals surface area contributed by atoms with Crippen molar-refractivity contribution >= 4 is 41.4 Å². The smallest absolute Gasteiger partial charge is 0.305 e. The molecular weight excluding hydrogens is 700 g/mol. The number of carbonyl (C=O) groups excluding carboxylic acids is 6. The van der Waals surface area contributed by atoms with Gasteiger partial charge in [-0.2, -0.15) is 0 Å². The summed E-state index contributed by atoms with van der Waals surface area (Å²) in [4.78, 5) is 88.5. The van der Waals surface area contributed by atoms with E-state index < -0.39 is 59.9 Å². The first kappa shape index (κ1) is 48.0. The molecule has 54 heavy (non-hydrogen) atoms. The van der Waals surface area contributed by atoms with Crippen LogP contribution in [-0.4, -0.2) is 109 Å². The molecule has 0 aliphatic carbocycles. The molecule has 0 saturated heterocycles. The molecule has 16 nitrogen and oxygen atoms in total. The monoisotopic (exact) mass is 766 g/mol. The van der Waals surface area contributed by atoms with Gasteiger partial charge in [0.2, 0.25) is 35.4 Å². The Kier molecular flexibility index (Phi) is 23.0. The van der Waals surface area contributed by atoms with E-state index in [0.29, 0.717) is 12.8 Å². The molecule has 308 valence electrons. The maximum Gasteiger partial charge on any atom is 0.305 e. The Morgan fingerprint density at radius 2 is 1.37 bits per heavy atom. The second-order valence-electron chi connectivity index (χ2n) is 15.5. The lowest BCUT2D eigenvalue weighted by molar-refractivity contribution is -0.138. The van der Waals surface area contributed by atoms with Gasteiger partial charge in [0.25, 0.3) is 0 Å². The first-order valence-electron chi connectivity index (χ1n) is 19.1. The Morgan fingerprint density at radius 1 is 0.778 bits per heavy atom. The number of carboxylic acid groups (broad SMARTS) is 1. The lowest BCUT2D eigenvalue weighted by atomic mass is 9.99. The number of aliphatic carboxylic acids is 1. The third-order valence-corrected chi connectivity index (χ3v) is 8.42. The maximum absolute atomic E-state index is 13.3. The van der Waals surface area contributed by atoms with Crippen LogP contribution in [0.5, 0.6) is 0 Å². The van der Waals surface area contributed by atoms with Crippen LogP contribution in [0.2, 0.25) is 0 Å². The number of rotatable bonds is 14. The van der Waals surface area contributed by atoms with Crippen LogP contribution in [0.4, 0.5) is 0 Å². The molecule has 16 heteroatoms. The van der Waals surface area contributed by atoms with Crippen LogP contribution in [0.3, 0.4) is 0 Å². The number of hydrogen-bond donors (Lipinski definition) is 7. The lowest BCUT2D eigenvalue weighted by Gasteiger charge is -2.25. The number of carboxylic acids is 1. The van der Waals surface area contributed by atoms with E-state index >= 15 is 0 Å². The average molecular weight is 767 g/mol. The topological polar surface area (TPSA) is 230 Å². The van der Waals surface area contributed by atoms with E-state index in [4.69, 9.17) is 9.47 Å². The minimum absolute atomic E-state index is 0.00544. The molecule has 0 bridgehead atoms. The van der Waals surface area contributed by atoms with Crippen molar-refractivity contribution in [2.45, 2.75) is 143 Å². The Labute approximate surface area is 320 Å². The van der Waals surface area contributed by atoms with Crippen LogP contribution in [0, 0.1) is 17.8 Å². The number of carbonyl (C=O) groups is 7. The highest BCUT2D eigenvalue weighted by atomic mass is 16.5. The van der Waals surface area contributed by atoms with Gasteiger partial charge >= 0.3 is 5.97 Å². The van der Waals surface area contributed by atoms with Crippen LogP contribution in [-0.2, 0) is 43.0 Å². The molecule has 0 aromatic carbocycles. The molecule has 0 radical (unpaired) electrons. The zero-order valence-corrected chi connectivity index (χ0v) is 33.5. The molecular formula is C38H66N6O10. The highest BCUT2D eigenvalue weighted by molar-refractivity contribution is 5.83. The van der Waals surface area contributed by atoms with Crippen molar-refractivity contribution in [1.82, 2.24) is 31.9 Å². The molecule has 7 N–H and O–H groups in total. The van der Waals surface area contributed by atoms with Gasteiger partial charge in [0.1, 0.15) is 0 Å². The number of ether oxygens (including phenoxy) is 2. The van der Waals surface area contributed by atoms with Crippen molar-refractivity contribution < 1.29 is 48.1 Å². The van der Waals surface area contributed by atoms with Crippen molar-refractivity contribution in [3.8, 4) is 0 Å². The van der Waals surface area contributed by atoms with Crippen molar-refractivity contribution in [3.63, 3.8) is 0 Å². The van der Waals surface area contributed by atoms with Gasteiger partial charge in [-0.15, -0.1) is 0 Å². The molecule has 6 atom stereocenters. The molecule has 1 aliphatic rings. The SMILES string of the molecule is CC(=O)N[C@H](CC(=O)N[C@H]1COC/C=C/COCC(CC(=O)N[C@H](CC(=O)O)CC(C)C)NC(=O)C[C@H](CC(C)C)NC(=O)C[C@H](C)NC(=O)C1)C(C)C. The summed E-state index contributed by atoms with van der Waals surface area (Å²) in [5.41, 5.74) is 0. The van der Waals surface area contributed by atoms with Crippen molar-refractivity contribution in [3.05, 3.63) is 12.2 Å². The molecule has 0 aromatic heterocycles. The van der Waals surface area contributed by atoms with E-state index in [-0.39, 0.29) is 100 Å². The van der Waals surface area contributed by atoms with Crippen LogP contribution in [0.15, 0.2) is 12.2 Å². The lowest BCUT2D eigenvalue weighted by Crippen LogP contribution is -2.48. The molecule has 0 fully saturated rings. The Hall–Kier alpha value is -4.05. The molecule has 0 aromatic rings. The maximum atomic E-state index is 13.3. The minimum Gasteiger partial charge on any atom is -0.481 e. The van der Waals surface area contributed by atoms with Gasteiger partial charge in [0, 0.05) is 63.2 Å². The Balaban J connectivity index is 3.17. The molecule has 1 aliphatic heterocycles. The average Bonchev–Trinajstić information content (AvgIpc) is 2.99. The summed E-state index contributed by atoms with van der Waals surface area (Å²) in [6, 6.07) is -3.49. The molecule has 0 saturated carbocycles. The van der Waals surface area contributed by atoms with Gasteiger partial charge in [0.15, 0.2) is 0 Å². The second-order valence-corrected chi connectivity index (χ2v) is 15.5. The summed E-state index contributed by atoms with van der Waals surface area (Å²) in [5, 5.41) is 26.3. The fourth-order valence-electron chi connectivity index (χ4n) is 6.13. The van der Waals surface area contributed by atoms with Crippen LogP contribution in [0.1, 0.15) is 107 Å². The Bertz CT molecular complexity index is 1260. The molecule has 1 rings (SSSR count). The highest BCUT2D eigenvalue weighted by Crippen LogP contribution is 2.12. The fourth-order valence-corrected chi connectivity index (χ4v) is 6.13. The largest absolute Gasteiger partial charge is 0.481 e. The van der Waals surface area contributed by atoms with E-state index in [0.717, 1.165) is 0 Å². The summed E-state index contributed by atoms with van der Waals surface area (Å²) in [5.74, 6) is -2.93. The van der Waals surface area contributed by atoms with Crippen LogP contribution < -0.4 is 31.9 Å². The Morgan fingerprint density at radius 3 is 1.94 bits per heavy atom. The van der Waals surface area contributed by atoms with E-state index in [1.807, 2.05) is 41.5 Å². The molecule has 6 amide bonds. The van der Waals surface area contributed by atoms with E-state index in [1.54, 1.807) is 19.1 Å². The van der Waals surface area contributed by atoms with Crippen molar-refractivity contribution in [2.24, 2.45) is 17.8 Å². The van der Waals surface area contributed by atoms with E-state index in [2.05, 4.69) is 31.9 Å². The van der Waals surface area contributed by atoms with Gasteiger partial charge < -0.3 is 46.5 Å². The van der Waals surface area contributed by atoms with Crippen LogP contribution in [0.25, 0.3) is 0 Å². The van der Waals surface area contributed by atoms with Gasteiger partial charge in [-0.1, -0.05) is 53.7 Å². The van der Waals surface area contributed by atoms with Crippen molar-refractivity contribution in [2.75, 3.05) is 26.4 Å². The summed E-state index contributed by atoms with van der Waals surface area (Å²) in [6.07, 6.45) is 3.77. The normalized spacial score (nSPS) is 23.2. The van der Waals surface area contributed by atoms with Crippen molar-refractivity contribution in [1.29, 1.82) is 0 Å². The van der Waals surface area contributed by atoms with Gasteiger partial charge in [-0.25, -0.2) is 0 Å². The zero-order valence-electron chi connectivity index (χ0n) is 33.5. The predicted molar refractivity (Wildman–Crippen MR) is 203 cm³/mol. The van der Waals surface area contributed by atoms with E-state index in [9.17, 15) is 38.7 Å². The molecule has 1 heterocycles. The second kappa shape index (κ2) is 25.9. The van der Waals surface area contributed by atoms with Gasteiger partial charge in [-0.3, -0.25) is 33.6 Å². The summed E-state index contributed by atoms with van der Waals surface area (Å²) in [7, 11) is 0. The number of hydrogen-bond acceptors (Lipinski definition) is 9. The quantitative estimate of drug-likeness (QED) is 0.127. The first-order chi connectivity index (χ1) is 25.3. The highest BCUT2D eigenvalue weighted by Gasteiger charge is 2.26. The summed E-state index contributed by atoms with van der Waals surface area (Å²) in [6.45, 7) is 14.9. The van der Waals surface area contributed by atoms with Gasteiger partial charge in [0.05, 0.1) is 44.9 Å². The zero-order chi connectivity index (χ0) is 40.8. The summed E-state index contributed by atoms with van der Waals surface area (Å²) >= 11 is 0. The fraction of sp³-hybridized carbons (Fsp3) is 0.763. The number of nitrogens with one attached hydrogen (secondary N) is 6. The third-order valence-electron chi connectivity index (χ3n) is 8.42. The standard InChI is InChI=1S/C38H66N6O10/c1-23(2)13-28-16-35(48)43-31(18-36(49)42-29(14-24(3)4)19-38(51)52)22-54-12-10-9-11-53-21-30(17-34(47)39-26(7)15-33(46)41-28)44-37(50)20-32(25(5)6)40-27(8)45/h9-10,23-26,28-32H,11-22H2,1-8H3,(H,39,47)(H,40,45)(H,41,46)(H,42,49)(H,43,48)(H,44,50)(H,51,52)/b10-9+/t26-,28-,29-,30+,31?,32+/m0/s1. The summed E-state index contributed by atoms with van der Waals surface area (Å²) < 4.78 is 11.5. The third kappa shape index (κ3) is 23.6. The van der Waals surface area contributed by atoms with E-state index in [1.165, 1.54) is 6.92 Å². The minimum atomic E-state index is -1.03. The molecule has 1 unspecified atom stereocenters. The predicted octanol–water partition coefficient (Wildman–Crippen LogP) is 1.71. The first-order valence-corrected chi connectivity index (χ1v) is 19.1.